The summed E-state index contributed by atoms with van der Waals surface area (Å²) >= 11 is 0. The van der Waals surface area contributed by atoms with E-state index in [0.29, 0.717) is 30.8 Å². The van der Waals surface area contributed by atoms with Crippen molar-refractivity contribution in [2.24, 2.45) is 10.7 Å². The summed E-state index contributed by atoms with van der Waals surface area (Å²) in [7, 11) is 0. The minimum absolute atomic E-state index is 0.00502. The number of nitrogens with two attached hydrogens (primary N) is 1. The van der Waals surface area contributed by atoms with Gasteiger partial charge in [-0.2, -0.15) is 5.10 Å². The number of fused-ring (bicyclic) bond motifs is 2. The lowest BCUT2D eigenvalue weighted by Crippen LogP contribution is -2.38. The molecule has 0 saturated carbocycles. The summed E-state index contributed by atoms with van der Waals surface area (Å²) in [5, 5.41) is 4.52. The molecule has 0 atom stereocenters. The van der Waals surface area contributed by atoms with Crippen LogP contribution >= 0.6 is 0 Å². The van der Waals surface area contributed by atoms with Crippen LogP contribution in [0, 0.1) is 0 Å². The highest BCUT2D eigenvalue weighted by atomic mass is 16.2. The van der Waals surface area contributed by atoms with Crippen LogP contribution < -0.4 is 5.73 Å². The highest BCUT2D eigenvalue weighted by molar-refractivity contribution is 6.16. The van der Waals surface area contributed by atoms with E-state index in [2.05, 4.69) is 10.1 Å². The van der Waals surface area contributed by atoms with Gasteiger partial charge in [0.1, 0.15) is 6.54 Å². The molecule has 2 aliphatic rings. The SMILES string of the molecule is NCC1=NCC(=O)c2ccc(-c3cnn4c3CN(C(=O)c3ccccc3)CC4)cc21. The fourth-order valence-electron chi connectivity index (χ4n) is 4.13. The number of amides is 1. The smallest absolute Gasteiger partial charge is 0.254 e. The zero-order valence-corrected chi connectivity index (χ0v) is 16.4. The molecule has 0 spiro atoms. The van der Waals surface area contributed by atoms with E-state index in [1.54, 1.807) is 0 Å². The number of aromatic nitrogens is 2. The van der Waals surface area contributed by atoms with Crippen LogP contribution in [0.25, 0.3) is 11.1 Å². The highest BCUT2D eigenvalue weighted by Gasteiger charge is 2.26. The average molecular weight is 399 g/mol. The van der Waals surface area contributed by atoms with Gasteiger partial charge < -0.3 is 10.6 Å². The molecule has 2 aliphatic heterocycles. The van der Waals surface area contributed by atoms with Gasteiger partial charge in [0.25, 0.3) is 5.91 Å². The Bertz CT molecular complexity index is 1180. The molecule has 0 unspecified atom stereocenters. The van der Waals surface area contributed by atoms with Crippen LogP contribution in [0.2, 0.25) is 0 Å². The Morgan fingerprint density at radius 3 is 2.67 bits per heavy atom. The van der Waals surface area contributed by atoms with Gasteiger partial charge >= 0.3 is 0 Å². The van der Waals surface area contributed by atoms with Crippen molar-refractivity contribution in [1.29, 1.82) is 0 Å². The van der Waals surface area contributed by atoms with Crippen molar-refractivity contribution < 1.29 is 9.59 Å². The molecule has 3 heterocycles. The lowest BCUT2D eigenvalue weighted by atomic mass is 9.92. The summed E-state index contributed by atoms with van der Waals surface area (Å²) in [6.45, 7) is 2.18. The van der Waals surface area contributed by atoms with E-state index in [0.717, 1.165) is 28.1 Å². The third-order valence-electron chi connectivity index (χ3n) is 5.73. The van der Waals surface area contributed by atoms with E-state index in [9.17, 15) is 9.59 Å². The van der Waals surface area contributed by atoms with Crippen LogP contribution in [0.3, 0.4) is 0 Å². The molecule has 0 radical (unpaired) electrons. The first kappa shape index (κ1) is 18.4. The van der Waals surface area contributed by atoms with E-state index >= 15 is 0 Å². The zero-order valence-electron chi connectivity index (χ0n) is 16.4. The third kappa shape index (κ3) is 3.04. The Balaban J connectivity index is 1.50. The first-order chi connectivity index (χ1) is 14.7. The molecule has 7 nitrogen and oxygen atoms in total. The monoisotopic (exact) mass is 399 g/mol. The maximum Gasteiger partial charge on any atom is 0.254 e. The number of aliphatic imine (C=N–C) groups is 1. The van der Waals surface area contributed by atoms with E-state index in [-0.39, 0.29) is 24.8 Å². The molecule has 1 aromatic heterocycles. The summed E-state index contributed by atoms with van der Waals surface area (Å²) in [6, 6.07) is 15.1. The number of rotatable bonds is 3. The molecule has 5 rings (SSSR count). The summed E-state index contributed by atoms with van der Waals surface area (Å²) in [4.78, 5) is 31.3. The van der Waals surface area contributed by atoms with Gasteiger partial charge in [-0.15, -0.1) is 0 Å². The summed E-state index contributed by atoms with van der Waals surface area (Å²) in [5.41, 5.74) is 11.6. The largest absolute Gasteiger partial charge is 0.331 e. The molecule has 7 heteroatoms. The minimum atomic E-state index is 0.00502. The summed E-state index contributed by atoms with van der Waals surface area (Å²) in [5.74, 6) is 0.0213. The molecular weight excluding hydrogens is 378 g/mol. The fourth-order valence-corrected chi connectivity index (χ4v) is 4.13. The number of carbonyl (C=O) groups excluding carboxylic acids is 2. The second kappa shape index (κ2) is 7.35. The number of ketones is 1. The van der Waals surface area contributed by atoms with Crippen molar-refractivity contribution in [1.82, 2.24) is 14.7 Å². The third-order valence-corrected chi connectivity index (χ3v) is 5.73. The van der Waals surface area contributed by atoms with Gasteiger partial charge in [-0.1, -0.05) is 30.3 Å². The Hall–Kier alpha value is -3.58. The fraction of sp³-hybridized carbons (Fsp3) is 0.217. The van der Waals surface area contributed by atoms with Crippen LogP contribution in [0.1, 0.15) is 32.0 Å². The molecule has 2 aromatic carbocycles. The molecule has 30 heavy (non-hydrogen) atoms. The molecule has 0 saturated heterocycles. The number of carbonyl (C=O) groups is 2. The molecule has 3 aromatic rings. The quantitative estimate of drug-likeness (QED) is 0.730. The van der Waals surface area contributed by atoms with Crippen molar-refractivity contribution >= 4 is 17.4 Å². The van der Waals surface area contributed by atoms with Gasteiger partial charge in [0.05, 0.1) is 30.7 Å². The zero-order chi connectivity index (χ0) is 20.7. The highest BCUT2D eigenvalue weighted by Crippen LogP contribution is 2.30. The standard InChI is InChI=1S/C23H21N5O2/c24-11-20-18-10-16(6-7-17(18)22(29)13-25-20)19-12-26-28-9-8-27(14-21(19)28)23(30)15-4-2-1-3-5-15/h1-7,10,12H,8-9,11,13-14,24H2. The van der Waals surface area contributed by atoms with Crippen LogP contribution in [0.5, 0.6) is 0 Å². The first-order valence-corrected chi connectivity index (χ1v) is 9.96. The number of benzene rings is 2. The van der Waals surface area contributed by atoms with Crippen molar-refractivity contribution in [2.75, 3.05) is 19.6 Å². The second-order valence-corrected chi connectivity index (χ2v) is 7.47. The van der Waals surface area contributed by atoms with Gasteiger partial charge in [0, 0.05) is 35.3 Å². The molecule has 0 fully saturated rings. The van der Waals surface area contributed by atoms with E-state index in [1.807, 2.05) is 64.3 Å². The van der Waals surface area contributed by atoms with Gasteiger partial charge in [0.15, 0.2) is 5.78 Å². The molecular formula is C23H21N5O2. The minimum Gasteiger partial charge on any atom is -0.331 e. The van der Waals surface area contributed by atoms with Crippen molar-refractivity contribution in [3.8, 4) is 11.1 Å². The van der Waals surface area contributed by atoms with Crippen molar-refractivity contribution in [2.45, 2.75) is 13.1 Å². The first-order valence-electron chi connectivity index (χ1n) is 9.96. The Labute approximate surface area is 173 Å². The van der Waals surface area contributed by atoms with E-state index in [4.69, 9.17) is 5.73 Å². The van der Waals surface area contributed by atoms with Crippen LogP contribution in [0.15, 0.2) is 59.7 Å². The molecule has 0 aliphatic carbocycles. The number of hydrogen-bond acceptors (Lipinski definition) is 5. The van der Waals surface area contributed by atoms with Crippen LogP contribution in [-0.4, -0.2) is 51.7 Å². The lowest BCUT2D eigenvalue weighted by molar-refractivity contribution is 0.0706. The summed E-state index contributed by atoms with van der Waals surface area (Å²) in [6.07, 6.45) is 1.83. The Kier molecular flexibility index (Phi) is 4.52. The number of Topliss-reactive ketones (excluding diaryl/α,β-unsaturated/α-hetero) is 1. The van der Waals surface area contributed by atoms with Gasteiger partial charge in [0.2, 0.25) is 0 Å². The predicted octanol–water partition coefficient (Wildman–Crippen LogP) is 2.15. The van der Waals surface area contributed by atoms with Gasteiger partial charge in [-0.25, -0.2) is 0 Å². The van der Waals surface area contributed by atoms with E-state index < -0.39 is 0 Å². The second-order valence-electron chi connectivity index (χ2n) is 7.47. The number of nitrogens with zero attached hydrogens (tertiary/aromatic N) is 4. The van der Waals surface area contributed by atoms with Crippen LogP contribution in [0.4, 0.5) is 0 Å². The molecule has 1 amide bonds. The van der Waals surface area contributed by atoms with Crippen LogP contribution in [-0.2, 0) is 13.1 Å². The maximum absolute atomic E-state index is 12.9. The Morgan fingerprint density at radius 2 is 1.87 bits per heavy atom. The van der Waals surface area contributed by atoms with Gasteiger partial charge in [-0.3, -0.25) is 19.3 Å². The van der Waals surface area contributed by atoms with E-state index in [1.165, 1.54) is 0 Å². The average Bonchev–Trinajstić information content (AvgIpc) is 3.22. The maximum atomic E-state index is 12.9. The van der Waals surface area contributed by atoms with Crippen molar-refractivity contribution in [3.05, 3.63) is 77.1 Å². The molecule has 150 valence electrons. The normalized spacial score (nSPS) is 15.4. The Morgan fingerprint density at radius 1 is 1.03 bits per heavy atom. The topological polar surface area (TPSA) is 93.6 Å². The lowest BCUT2D eigenvalue weighted by Gasteiger charge is -2.28. The van der Waals surface area contributed by atoms with Gasteiger partial charge in [-0.05, 0) is 23.8 Å². The molecule has 2 N–H and O–H groups in total. The van der Waals surface area contributed by atoms with Crippen molar-refractivity contribution in [3.63, 3.8) is 0 Å². The predicted molar refractivity (Wildman–Crippen MR) is 114 cm³/mol. The number of hydrogen-bond donors (Lipinski definition) is 1. The molecule has 0 bridgehead atoms. The summed E-state index contributed by atoms with van der Waals surface area (Å²) < 4.78 is 1.95.